The quantitative estimate of drug-likeness (QED) is 0.654. The van der Waals surface area contributed by atoms with Gasteiger partial charge in [0.25, 0.3) is 0 Å². The number of nitrogens with zero attached hydrogens (tertiary/aromatic N) is 1. The van der Waals surface area contributed by atoms with Crippen molar-refractivity contribution in [2.45, 2.75) is 114 Å². The van der Waals surface area contributed by atoms with E-state index in [4.69, 9.17) is 4.74 Å². The molecule has 7 heteroatoms. The molecule has 0 unspecified atom stereocenters. The van der Waals surface area contributed by atoms with E-state index in [2.05, 4.69) is 10.6 Å². The molecule has 0 aromatic heterocycles. The van der Waals surface area contributed by atoms with Crippen LogP contribution in [-0.4, -0.2) is 57.5 Å². The van der Waals surface area contributed by atoms with E-state index in [-0.39, 0.29) is 29.8 Å². The predicted molar refractivity (Wildman–Crippen MR) is 120 cm³/mol. The van der Waals surface area contributed by atoms with Crippen molar-refractivity contribution in [1.82, 2.24) is 15.5 Å². The summed E-state index contributed by atoms with van der Waals surface area (Å²) in [5.41, 5.74) is -2.38. The van der Waals surface area contributed by atoms with Crippen molar-refractivity contribution in [2.24, 2.45) is 11.8 Å². The van der Waals surface area contributed by atoms with Gasteiger partial charge in [0.05, 0.1) is 17.4 Å². The lowest BCUT2D eigenvalue weighted by Gasteiger charge is -2.37. The van der Waals surface area contributed by atoms with Crippen LogP contribution in [0.1, 0.15) is 79.1 Å². The van der Waals surface area contributed by atoms with Crippen LogP contribution in [0.25, 0.3) is 0 Å². The second kappa shape index (κ2) is 7.31. The number of likely N-dealkylation sites (tertiary alicyclic amines) is 1. The standard InChI is InChI=1S/C25H37N3O4/c1-23(2,3)27-21(30)19-25-14-13-24(4,32-25)17(20(29)26-15-9-5-6-10-15)18(25)22(31)28(19)16-11-7-8-12-16/h13-19H,5-12H2,1-4H3,(H,26,29)(H,27,30)/t17-,18+,19-,24-,25-/m1/s1. The highest BCUT2D eigenvalue weighted by Gasteiger charge is 2.76. The average Bonchev–Trinajstić information content (AvgIpc) is 3.47. The largest absolute Gasteiger partial charge is 0.356 e. The van der Waals surface area contributed by atoms with Gasteiger partial charge in [-0.25, -0.2) is 0 Å². The van der Waals surface area contributed by atoms with Crippen LogP contribution in [0.4, 0.5) is 0 Å². The Kier molecular flexibility index (Phi) is 5.01. The fourth-order valence-electron chi connectivity index (χ4n) is 6.94. The number of hydrogen-bond acceptors (Lipinski definition) is 4. The van der Waals surface area contributed by atoms with Crippen LogP contribution in [0.5, 0.6) is 0 Å². The number of amides is 3. The molecule has 1 spiro atoms. The first-order valence-corrected chi connectivity index (χ1v) is 12.4. The molecule has 7 nitrogen and oxygen atoms in total. The molecule has 2 aliphatic carbocycles. The third-order valence-corrected chi connectivity index (χ3v) is 8.18. The zero-order valence-electron chi connectivity index (χ0n) is 19.8. The summed E-state index contributed by atoms with van der Waals surface area (Å²) in [5.74, 6) is -1.66. The summed E-state index contributed by atoms with van der Waals surface area (Å²) in [4.78, 5) is 42.9. The molecule has 32 heavy (non-hydrogen) atoms. The second-order valence-corrected chi connectivity index (χ2v) is 11.7. The van der Waals surface area contributed by atoms with E-state index < -0.39 is 34.6 Å². The molecule has 5 atom stereocenters. The summed E-state index contributed by atoms with van der Waals surface area (Å²) in [6.45, 7) is 7.72. The van der Waals surface area contributed by atoms with Gasteiger partial charge in [0.1, 0.15) is 11.6 Å². The van der Waals surface area contributed by atoms with Gasteiger partial charge in [0.15, 0.2) is 0 Å². The lowest BCUT2D eigenvalue weighted by atomic mass is 9.70. The van der Waals surface area contributed by atoms with Gasteiger partial charge in [-0.05, 0) is 53.4 Å². The van der Waals surface area contributed by atoms with Gasteiger partial charge in [0, 0.05) is 17.6 Å². The van der Waals surface area contributed by atoms with Crippen LogP contribution in [0.3, 0.4) is 0 Å². The maximum absolute atomic E-state index is 14.0. The first kappa shape index (κ1) is 21.9. The third kappa shape index (κ3) is 3.22. The van der Waals surface area contributed by atoms with Gasteiger partial charge < -0.3 is 20.3 Å². The highest BCUT2D eigenvalue weighted by atomic mass is 16.5. The van der Waals surface area contributed by atoms with Gasteiger partial charge in [-0.15, -0.1) is 0 Å². The van der Waals surface area contributed by atoms with E-state index in [1.54, 1.807) is 4.90 Å². The fraction of sp³-hybridized carbons (Fsp3) is 0.800. The summed E-state index contributed by atoms with van der Waals surface area (Å²) < 4.78 is 6.58. The summed E-state index contributed by atoms with van der Waals surface area (Å²) >= 11 is 0. The van der Waals surface area contributed by atoms with Crippen LogP contribution in [-0.2, 0) is 19.1 Å². The highest BCUT2D eigenvalue weighted by molar-refractivity contribution is 6.00. The lowest BCUT2D eigenvalue weighted by Crippen LogP contribution is -2.59. The van der Waals surface area contributed by atoms with Crippen LogP contribution >= 0.6 is 0 Å². The summed E-state index contributed by atoms with van der Waals surface area (Å²) in [6.07, 6.45) is 12.0. The Labute approximate surface area is 190 Å². The van der Waals surface area contributed by atoms with E-state index in [0.29, 0.717) is 0 Å². The minimum absolute atomic E-state index is 0.0283. The van der Waals surface area contributed by atoms with Crippen LogP contribution < -0.4 is 10.6 Å². The molecular weight excluding hydrogens is 406 g/mol. The molecule has 3 amide bonds. The fourth-order valence-corrected chi connectivity index (χ4v) is 6.94. The van der Waals surface area contributed by atoms with Gasteiger partial charge in [-0.1, -0.05) is 37.8 Å². The van der Waals surface area contributed by atoms with Crippen LogP contribution in [0.2, 0.25) is 0 Å². The first-order chi connectivity index (χ1) is 15.1. The van der Waals surface area contributed by atoms with Crippen LogP contribution in [0, 0.1) is 11.8 Å². The number of fused-ring (bicyclic) bond motifs is 1. The topological polar surface area (TPSA) is 87.7 Å². The minimum atomic E-state index is -1.08. The van der Waals surface area contributed by atoms with Gasteiger partial charge in [-0.2, -0.15) is 0 Å². The average molecular weight is 444 g/mol. The molecule has 2 N–H and O–H groups in total. The van der Waals surface area contributed by atoms with Gasteiger partial charge in [0.2, 0.25) is 17.7 Å². The zero-order valence-corrected chi connectivity index (χ0v) is 19.8. The minimum Gasteiger partial charge on any atom is -0.356 e. The van der Waals surface area contributed by atoms with Gasteiger partial charge in [-0.3, -0.25) is 14.4 Å². The molecule has 5 aliphatic rings. The molecule has 0 radical (unpaired) electrons. The highest BCUT2D eigenvalue weighted by Crippen LogP contribution is 2.60. The van der Waals surface area contributed by atoms with E-state index in [0.717, 1.165) is 51.4 Å². The summed E-state index contributed by atoms with van der Waals surface area (Å²) in [7, 11) is 0. The van der Waals surface area contributed by atoms with Crippen molar-refractivity contribution < 1.29 is 19.1 Å². The monoisotopic (exact) mass is 443 g/mol. The molecule has 0 aromatic rings. The maximum atomic E-state index is 14.0. The van der Waals surface area contributed by atoms with E-state index in [1.807, 2.05) is 39.8 Å². The molecule has 4 fully saturated rings. The van der Waals surface area contributed by atoms with Crippen molar-refractivity contribution in [3.05, 3.63) is 12.2 Å². The second-order valence-electron chi connectivity index (χ2n) is 11.7. The maximum Gasteiger partial charge on any atom is 0.246 e. The number of carbonyl (C=O) groups is 3. The molecular formula is C25H37N3O4. The van der Waals surface area contributed by atoms with Crippen LogP contribution in [0.15, 0.2) is 12.2 Å². The molecule has 5 rings (SSSR count). The third-order valence-electron chi connectivity index (χ3n) is 8.18. The van der Waals surface area contributed by atoms with Crippen molar-refractivity contribution in [2.75, 3.05) is 0 Å². The molecule has 2 saturated heterocycles. The lowest BCUT2D eigenvalue weighted by molar-refractivity contribution is -0.148. The Morgan fingerprint density at radius 2 is 1.66 bits per heavy atom. The molecule has 2 saturated carbocycles. The smallest absolute Gasteiger partial charge is 0.246 e. The number of hydrogen-bond donors (Lipinski definition) is 2. The van der Waals surface area contributed by atoms with Crippen molar-refractivity contribution in [1.29, 1.82) is 0 Å². The molecule has 3 aliphatic heterocycles. The van der Waals surface area contributed by atoms with Crippen molar-refractivity contribution in [3.8, 4) is 0 Å². The number of ether oxygens (including phenoxy) is 1. The predicted octanol–water partition coefficient (Wildman–Crippen LogP) is 2.44. The summed E-state index contributed by atoms with van der Waals surface area (Å²) in [6, 6.07) is -0.544. The van der Waals surface area contributed by atoms with Crippen molar-refractivity contribution in [3.63, 3.8) is 0 Å². The Hall–Kier alpha value is -1.89. The molecule has 176 valence electrons. The molecule has 2 bridgehead atoms. The molecule has 0 aromatic carbocycles. The Bertz CT molecular complexity index is 852. The Morgan fingerprint density at radius 3 is 2.28 bits per heavy atom. The SMILES string of the molecule is CC(C)(C)NC(=O)[C@H]1N(C2CCCC2)C(=O)[C@@H]2[C@H](C(=O)NC3CCCC3)[C@@]3(C)C=C[C@@]21O3. The van der Waals surface area contributed by atoms with E-state index in [1.165, 1.54) is 0 Å². The van der Waals surface area contributed by atoms with E-state index in [9.17, 15) is 14.4 Å². The Balaban J connectivity index is 1.52. The Morgan fingerprint density at radius 1 is 1.03 bits per heavy atom. The van der Waals surface area contributed by atoms with Crippen molar-refractivity contribution >= 4 is 17.7 Å². The number of rotatable bonds is 4. The zero-order chi connectivity index (χ0) is 22.9. The number of carbonyl (C=O) groups excluding carboxylic acids is 3. The first-order valence-electron chi connectivity index (χ1n) is 12.4. The number of nitrogens with one attached hydrogen (secondary N) is 2. The molecule has 3 heterocycles. The van der Waals surface area contributed by atoms with E-state index >= 15 is 0 Å². The van der Waals surface area contributed by atoms with Gasteiger partial charge >= 0.3 is 0 Å². The summed E-state index contributed by atoms with van der Waals surface area (Å²) in [5, 5.41) is 6.30. The normalized spacial score (nSPS) is 39.2.